The number of carbonyl (C=O) groups is 1. The van der Waals surface area contributed by atoms with E-state index in [4.69, 9.17) is 5.73 Å². The number of thiocarbonyl (C=S) groups is 1. The maximum Gasteiger partial charge on any atom is 0.254 e. The number of amides is 1. The number of benzene rings is 1. The average Bonchev–Trinajstić information content (AvgIpc) is 2.21. The summed E-state index contributed by atoms with van der Waals surface area (Å²) in [4.78, 5) is 11.6. The second kappa shape index (κ2) is 4.98. The highest BCUT2D eigenvalue weighted by molar-refractivity contribution is 7.80. The minimum Gasteiger partial charge on any atom is -0.392 e. The lowest BCUT2D eigenvalue weighted by molar-refractivity contribution is 0.0944. The molecule has 0 aliphatic rings. The van der Waals surface area contributed by atoms with Gasteiger partial charge in [0, 0.05) is 0 Å². The molecule has 6 heteroatoms. The van der Waals surface area contributed by atoms with Gasteiger partial charge in [0.15, 0.2) is 11.6 Å². The van der Waals surface area contributed by atoms with Crippen molar-refractivity contribution in [1.29, 1.82) is 0 Å². The summed E-state index contributed by atoms with van der Waals surface area (Å²) in [5.41, 5.74) is 4.91. The molecule has 0 aliphatic heterocycles. The molecule has 16 heavy (non-hydrogen) atoms. The molecule has 0 heterocycles. The first-order valence-corrected chi connectivity index (χ1v) is 4.88. The maximum absolute atomic E-state index is 13.2. The average molecular weight is 244 g/mol. The van der Waals surface area contributed by atoms with Crippen LogP contribution in [0.5, 0.6) is 0 Å². The van der Waals surface area contributed by atoms with Crippen molar-refractivity contribution >= 4 is 23.1 Å². The summed E-state index contributed by atoms with van der Waals surface area (Å²) in [6.45, 7) is 1.55. The zero-order chi connectivity index (χ0) is 12.3. The molecule has 1 aromatic rings. The Morgan fingerprint density at radius 2 is 2.12 bits per heavy atom. The van der Waals surface area contributed by atoms with E-state index in [1.807, 2.05) is 0 Å². The molecule has 1 unspecified atom stereocenters. The number of rotatable bonds is 3. The molecule has 0 aliphatic carbocycles. The Bertz CT molecular complexity index is 437. The Hall–Kier alpha value is -1.56. The van der Waals surface area contributed by atoms with Crippen molar-refractivity contribution in [2.24, 2.45) is 5.73 Å². The molecular weight excluding hydrogens is 234 g/mol. The topological polar surface area (TPSA) is 55.1 Å². The van der Waals surface area contributed by atoms with Crippen molar-refractivity contribution in [3.63, 3.8) is 0 Å². The van der Waals surface area contributed by atoms with Gasteiger partial charge in [0.25, 0.3) is 5.91 Å². The Labute approximate surface area is 96.6 Å². The van der Waals surface area contributed by atoms with Crippen LogP contribution in [0.2, 0.25) is 0 Å². The van der Waals surface area contributed by atoms with Crippen LogP contribution in [0.4, 0.5) is 8.78 Å². The first-order chi connectivity index (χ1) is 7.43. The smallest absolute Gasteiger partial charge is 0.254 e. The third-order valence-corrected chi connectivity index (χ3v) is 2.32. The van der Waals surface area contributed by atoms with Crippen LogP contribution in [0.25, 0.3) is 0 Å². The Morgan fingerprint density at radius 1 is 1.50 bits per heavy atom. The van der Waals surface area contributed by atoms with E-state index >= 15 is 0 Å². The van der Waals surface area contributed by atoms with E-state index in [-0.39, 0.29) is 10.6 Å². The summed E-state index contributed by atoms with van der Waals surface area (Å²) in [6.07, 6.45) is 0. The summed E-state index contributed by atoms with van der Waals surface area (Å²) >= 11 is 4.64. The van der Waals surface area contributed by atoms with Crippen LogP contribution >= 0.6 is 12.2 Å². The van der Waals surface area contributed by atoms with Crippen LogP contribution in [0.3, 0.4) is 0 Å². The SMILES string of the molecule is CC(NC(=O)c1cccc(F)c1F)C(N)=S. The van der Waals surface area contributed by atoms with Gasteiger partial charge in [-0.15, -0.1) is 0 Å². The molecule has 3 N–H and O–H groups in total. The van der Waals surface area contributed by atoms with Gasteiger partial charge in [0.1, 0.15) is 0 Å². The summed E-state index contributed by atoms with van der Waals surface area (Å²) < 4.78 is 26.0. The van der Waals surface area contributed by atoms with E-state index in [9.17, 15) is 13.6 Å². The van der Waals surface area contributed by atoms with E-state index < -0.39 is 23.6 Å². The molecule has 86 valence electrons. The lowest BCUT2D eigenvalue weighted by atomic mass is 10.2. The van der Waals surface area contributed by atoms with Gasteiger partial charge in [-0.05, 0) is 19.1 Å². The minimum atomic E-state index is -1.19. The Morgan fingerprint density at radius 3 is 2.69 bits per heavy atom. The van der Waals surface area contributed by atoms with E-state index in [2.05, 4.69) is 17.5 Å². The Balaban J connectivity index is 2.89. The fourth-order valence-corrected chi connectivity index (χ4v) is 1.08. The first-order valence-electron chi connectivity index (χ1n) is 4.47. The molecule has 0 aromatic heterocycles. The highest BCUT2D eigenvalue weighted by Crippen LogP contribution is 2.11. The molecule has 1 amide bonds. The van der Waals surface area contributed by atoms with Crippen molar-refractivity contribution in [3.8, 4) is 0 Å². The van der Waals surface area contributed by atoms with Crippen LogP contribution in [-0.4, -0.2) is 16.9 Å². The maximum atomic E-state index is 13.2. The number of nitrogens with two attached hydrogens (primary N) is 1. The first kappa shape index (κ1) is 12.5. The second-order valence-corrected chi connectivity index (χ2v) is 3.67. The van der Waals surface area contributed by atoms with E-state index in [0.717, 1.165) is 6.07 Å². The molecule has 1 atom stereocenters. The zero-order valence-electron chi connectivity index (χ0n) is 8.46. The number of carbonyl (C=O) groups excluding carboxylic acids is 1. The van der Waals surface area contributed by atoms with Gasteiger partial charge in [-0.1, -0.05) is 18.3 Å². The molecule has 3 nitrogen and oxygen atoms in total. The lowest BCUT2D eigenvalue weighted by Crippen LogP contribution is -2.41. The largest absolute Gasteiger partial charge is 0.392 e. The molecule has 1 aromatic carbocycles. The summed E-state index contributed by atoms with van der Waals surface area (Å²) in [5.74, 6) is -3.01. The fraction of sp³-hybridized carbons (Fsp3) is 0.200. The number of halogens is 2. The quantitative estimate of drug-likeness (QED) is 0.789. The highest BCUT2D eigenvalue weighted by Gasteiger charge is 2.17. The number of hydrogen-bond acceptors (Lipinski definition) is 2. The molecule has 1 rings (SSSR count). The third kappa shape index (κ3) is 2.73. The zero-order valence-corrected chi connectivity index (χ0v) is 9.28. The van der Waals surface area contributed by atoms with E-state index in [1.54, 1.807) is 6.92 Å². The molecular formula is C10H10F2N2OS. The monoisotopic (exact) mass is 244 g/mol. The van der Waals surface area contributed by atoms with Gasteiger partial charge in [0.05, 0.1) is 16.6 Å². The molecule has 0 fully saturated rings. The summed E-state index contributed by atoms with van der Waals surface area (Å²) in [6, 6.07) is 2.78. The van der Waals surface area contributed by atoms with Crippen molar-refractivity contribution in [3.05, 3.63) is 35.4 Å². The predicted molar refractivity (Wildman–Crippen MR) is 60.1 cm³/mol. The van der Waals surface area contributed by atoms with Crippen molar-refractivity contribution in [2.75, 3.05) is 0 Å². The van der Waals surface area contributed by atoms with Crippen molar-refractivity contribution in [1.82, 2.24) is 5.32 Å². The van der Waals surface area contributed by atoms with Gasteiger partial charge >= 0.3 is 0 Å². The van der Waals surface area contributed by atoms with Gasteiger partial charge in [-0.2, -0.15) is 0 Å². The third-order valence-electron chi connectivity index (χ3n) is 1.97. The van der Waals surface area contributed by atoms with Crippen molar-refractivity contribution in [2.45, 2.75) is 13.0 Å². The van der Waals surface area contributed by atoms with Crippen molar-refractivity contribution < 1.29 is 13.6 Å². The van der Waals surface area contributed by atoms with Crippen LogP contribution < -0.4 is 11.1 Å². The molecule has 0 saturated heterocycles. The predicted octanol–water partition coefficient (Wildman–Crippen LogP) is 1.37. The normalized spacial score (nSPS) is 11.9. The second-order valence-electron chi connectivity index (χ2n) is 3.20. The standard InChI is InChI=1S/C10H10F2N2OS/c1-5(9(13)16)14-10(15)6-3-2-4-7(11)8(6)12/h2-5H,1H3,(H2,13,16)(H,14,15). The van der Waals surface area contributed by atoms with Crippen LogP contribution in [0.15, 0.2) is 18.2 Å². The molecule has 0 bridgehead atoms. The highest BCUT2D eigenvalue weighted by atomic mass is 32.1. The molecule has 0 saturated carbocycles. The van der Waals surface area contributed by atoms with Crippen LogP contribution in [0.1, 0.15) is 17.3 Å². The fourth-order valence-electron chi connectivity index (χ4n) is 1.02. The van der Waals surface area contributed by atoms with Gasteiger partial charge < -0.3 is 11.1 Å². The summed E-state index contributed by atoms with van der Waals surface area (Å²) in [7, 11) is 0. The number of nitrogens with one attached hydrogen (secondary N) is 1. The van der Waals surface area contributed by atoms with Crippen LogP contribution in [0, 0.1) is 11.6 Å². The van der Waals surface area contributed by atoms with Gasteiger partial charge in [-0.3, -0.25) is 4.79 Å². The summed E-state index contributed by atoms with van der Waals surface area (Å²) in [5, 5.41) is 2.35. The Kier molecular flexibility index (Phi) is 3.89. The minimum absolute atomic E-state index is 0.0742. The van der Waals surface area contributed by atoms with E-state index in [1.165, 1.54) is 12.1 Å². The molecule has 0 spiro atoms. The van der Waals surface area contributed by atoms with Gasteiger partial charge in [0.2, 0.25) is 0 Å². The van der Waals surface area contributed by atoms with E-state index in [0.29, 0.717) is 0 Å². The van der Waals surface area contributed by atoms with Crippen LogP contribution in [-0.2, 0) is 0 Å². The molecule has 0 radical (unpaired) electrons. The lowest BCUT2D eigenvalue weighted by Gasteiger charge is -2.12. The van der Waals surface area contributed by atoms with Gasteiger partial charge in [-0.25, -0.2) is 8.78 Å². The number of hydrogen-bond donors (Lipinski definition) is 2.